The number of alkyl halides is 2. The van der Waals surface area contributed by atoms with Crippen molar-refractivity contribution in [2.45, 2.75) is 12.0 Å². The Kier molecular flexibility index (Phi) is 4.24. The van der Waals surface area contributed by atoms with E-state index in [-0.39, 0.29) is 31.5 Å². The SMILES string of the molecule is Cl.N[C@H](CN1CC(F)(F)C1)c1ccccc1. The summed E-state index contributed by atoms with van der Waals surface area (Å²) in [6.45, 7) is 0.181. The highest BCUT2D eigenvalue weighted by Gasteiger charge is 2.43. The summed E-state index contributed by atoms with van der Waals surface area (Å²) in [7, 11) is 0. The molecule has 0 spiro atoms. The second-order valence-electron chi connectivity index (χ2n) is 4.04. The number of nitrogens with zero attached hydrogens (tertiary/aromatic N) is 1. The number of hydrogen-bond acceptors (Lipinski definition) is 2. The zero-order valence-electron chi connectivity index (χ0n) is 8.77. The monoisotopic (exact) mass is 248 g/mol. The van der Waals surface area contributed by atoms with Gasteiger partial charge in [0.05, 0.1) is 13.1 Å². The Bertz CT molecular complexity index is 324. The van der Waals surface area contributed by atoms with E-state index >= 15 is 0 Å². The molecule has 5 heteroatoms. The molecule has 1 aromatic carbocycles. The topological polar surface area (TPSA) is 29.3 Å². The second-order valence-corrected chi connectivity index (χ2v) is 4.04. The van der Waals surface area contributed by atoms with E-state index in [2.05, 4.69) is 0 Å². The van der Waals surface area contributed by atoms with E-state index in [1.807, 2.05) is 30.3 Å². The van der Waals surface area contributed by atoms with Gasteiger partial charge in [-0.05, 0) is 5.56 Å². The van der Waals surface area contributed by atoms with Crippen molar-refractivity contribution in [2.24, 2.45) is 5.73 Å². The van der Waals surface area contributed by atoms with Gasteiger partial charge in [-0.1, -0.05) is 30.3 Å². The Balaban J connectivity index is 0.00000128. The molecule has 0 aromatic heterocycles. The minimum atomic E-state index is -2.50. The van der Waals surface area contributed by atoms with Crippen LogP contribution in [0.5, 0.6) is 0 Å². The quantitative estimate of drug-likeness (QED) is 0.887. The molecule has 2 nitrogen and oxygen atoms in total. The lowest BCUT2D eigenvalue weighted by Crippen LogP contribution is -2.57. The first-order valence-electron chi connectivity index (χ1n) is 4.97. The normalized spacial score (nSPS) is 20.7. The fourth-order valence-corrected chi connectivity index (χ4v) is 1.82. The molecule has 2 rings (SSSR count). The molecule has 0 unspecified atom stereocenters. The van der Waals surface area contributed by atoms with E-state index in [9.17, 15) is 8.78 Å². The van der Waals surface area contributed by atoms with Crippen LogP contribution in [-0.4, -0.2) is 30.5 Å². The summed E-state index contributed by atoms with van der Waals surface area (Å²) in [6, 6.07) is 9.38. The van der Waals surface area contributed by atoms with Gasteiger partial charge in [0, 0.05) is 12.6 Å². The molecule has 16 heavy (non-hydrogen) atoms. The van der Waals surface area contributed by atoms with E-state index in [1.165, 1.54) is 0 Å². The first-order valence-corrected chi connectivity index (χ1v) is 4.97. The van der Waals surface area contributed by atoms with Gasteiger partial charge in [0.1, 0.15) is 0 Å². The minimum absolute atomic E-state index is 0. The maximum atomic E-state index is 12.6. The number of benzene rings is 1. The van der Waals surface area contributed by atoms with Gasteiger partial charge in [-0.15, -0.1) is 12.4 Å². The smallest absolute Gasteiger partial charge is 0.272 e. The third-order valence-corrected chi connectivity index (χ3v) is 2.59. The first kappa shape index (κ1) is 13.4. The molecular weight excluding hydrogens is 234 g/mol. The van der Waals surface area contributed by atoms with Crippen molar-refractivity contribution in [3.8, 4) is 0 Å². The van der Waals surface area contributed by atoms with Crippen molar-refractivity contribution in [2.75, 3.05) is 19.6 Å². The zero-order valence-corrected chi connectivity index (χ0v) is 9.59. The molecule has 1 aromatic rings. The predicted molar refractivity (Wildman–Crippen MR) is 62.0 cm³/mol. The number of nitrogens with two attached hydrogens (primary N) is 1. The van der Waals surface area contributed by atoms with Crippen LogP contribution in [0.3, 0.4) is 0 Å². The minimum Gasteiger partial charge on any atom is -0.323 e. The lowest BCUT2D eigenvalue weighted by atomic mass is 10.0. The predicted octanol–water partition coefficient (Wildman–Crippen LogP) is 2.06. The third kappa shape index (κ3) is 3.14. The zero-order chi connectivity index (χ0) is 10.9. The number of hydrogen-bond donors (Lipinski definition) is 1. The largest absolute Gasteiger partial charge is 0.323 e. The van der Waals surface area contributed by atoms with Crippen LogP contribution in [0.1, 0.15) is 11.6 Å². The summed E-state index contributed by atoms with van der Waals surface area (Å²) in [5.74, 6) is -2.50. The fourth-order valence-electron chi connectivity index (χ4n) is 1.82. The molecule has 0 saturated carbocycles. The molecule has 0 aliphatic carbocycles. The second kappa shape index (κ2) is 5.08. The van der Waals surface area contributed by atoms with E-state index in [0.717, 1.165) is 5.56 Å². The Labute approximate surface area is 99.8 Å². The Hall–Kier alpha value is -0.710. The van der Waals surface area contributed by atoms with Crippen molar-refractivity contribution in [1.29, 1.82) is 0 Å². The fraction of sp³-hybridized carbons (Fsp3) is 0.455. The highest BCUT2D eigenvalue weighted by atomic mass is 35.5. The average molecular weight is 249 g/mol. The van der Waals surface area contributed by atoms with E-state index < -0.39 is 5.92 Å². The van der Waals surface area contributed by atoms with E-state index in [0.29, 0.717) is 6.54 Å². The van der Waals surface area contributed by atoms with Crippen molar-refractivity contribution < 1.29 is 8.78 Å². The third-order valence-electron chi connectivity index (χ3n) is 2.59. The van der Waals surface area contributed by atoms with Crippen molar-refractivity contribution >= 4 is 12.4 Å². The molecule has 1 aliphatic heterocycles. The van der Waals surface area contributed by atoms with Crippen LogP contribution < -0.4 is 5.73 Å². The summed E-state index contributed by atoms with van der Waals surface area (Å²) < 4.78 is 25.1. The summed E-state index contributed by atoms with van der Waals surface area (Å²) >= 11 is 0. The van der Waals surface area contributed by atoms with Crippen LogP contribution in [0.2, 0.25) is 0 Å². The van der Waals surface area contributed by atoms with Gasteiger partial charge in [-0.3, -0.25) is 4.90 Å². The average Bonchev–Trinajstić information content (AvgIpc) is 2.16. The standard InChI is InChI=1S/C11H14F2N2.ClH/c12-11(13)7-15(8-11)6-10(14)9-4-2-1-3-5-9;/h1-5,10H,6-8,14H2;1H/t10-;/m1./s1. The number of rotatable bonds is 3. The summed E-state index contributed by atoms with van der Waals surface area (Å²) in [5.41, 5.74) is 6.90. The molecule has 0 radical (unpaired) electrons. The molecule has 90 valence electrons. The first-order chi connectivity index (χ1) is 7.07. The molecule has 0 amide bonds. The Morgan fingerprint density at radius 1 is 1.25 bits per heavy atom. The molecule has 1 aliphatic rings. The van der Waals surface area contributed by atoms with Crippen molar-refractivity contribution in [3.05, 3.63) is 35.9 Å². The van der Waals surface area contributed by atoms with E-state index in [1.54, 1.807) is 4.90 Å². The summed E-state index contributed by atoms with van der Waals surface area (Å²) in [5, 5.41) is 0. The van der Waals surface area contributed by atoms with Crippen molar-refractivity contribution in [3.63, 3.8) is 0 Å². The molecule has 1 saturated heterocycles. The van der Waals surface area contributed by atoms with Gasteiger partial charge in [-0.2, -0.15) is 0 Å². The molecule has 1 atom stereocenters. The van der Waals surface area contributed by atoms with Crippen LogP contribution in [0.25, 0.3) is 0 Å². The van der Waals surface area contributed by atoms with Gasteiger partial charge < -0.3 is 5.73 Å². The molecular formula is C11H15ClF2N2. The van der Waals surface area contributed by atoms with E-state index in [4.69, 9.17) is 5.73 Å². The van der Waals surface area contributed by atoms with Crippen LogP contribution in [-0.2, 0) is 0 Å². The van der Waals surface area contributed by atoms with Crippen LogP contribution in [0.4, 0.5) is 8.78 Å². The lowest BCUT2D eigenvalue weighted by Gasteiger charge is -2.40. The van der Waals surface area contributed by atoms with Gasteiger partial charge in [-0.25, -0.2) is 8.78 Å². The van der Waals surface area contributed by atoms with Gasteiger partial charge in [0.25, 0.3) is 5.92 Å². The molecule has 0 bridgehead atoms. The molecule has 2 N–H and O–H groups in total. The van der Waals surface area contributed by atoms with Gasteiger partial charge >= 0.3 is 0 Å². The summed E-state index contributed by atoms with van der Waals surface area (Å²) in [6.07, 6.45) is 0. The van der Waals surface area contributed by atoms with Crippen molar-refractivity contribution in [1.82, 2.24) is 4.90 Å². The van der Waals surface area contributed by atoms with Gasteiger partial charge in [0.15, 0.2) is 0 Å². The highest BCUT2D eigenvalue weighted by Crippen LogP contribution is 2.27. The van der Waals surface area contributed by atoms with Gasteiger partial charge in [0.2, 0.25) is 0 Å². The lowest BCUT2D eigenvalue weighted by molar-refractivity contribution is -0.131. The Morgan fingerprint density at radius 2 is 1.81 bits per heavy atom. The maximum absolute atomic E-state index is 12.6. The number of likely N-dealkylation sites (tertiary alicyclic amines) is 1. The maximum Gasteiger partial charge on any atom is 0.272 e. The van der Waals surface area contributed by atoms with Crippen LogP contribution in [0.15, 0.2) is 30.3 Å². The molecule has 1 fully saturated rings. The summed E-state index contributed by atoms with van der Waals surface area (Å²) in [4.78, 5) is 1.68. The Morgan fingerprint density at radius 3 is 2.31 bits per heavy atom. The van der Waals surface area contributed by atoms with Crippen LogP contribution >= 0.6 is 12.4 Å². The van der Waals surface area contributed by atoms with Crippen LogP contribution in [0, 0.1) is 0 Å². The molecule has 1 heterocycles. The number of halogens is 3. The highest BCUT2D eigenvalue weighted by molar-refractivity contribution is 5.85.